The van der Waals surface area contributed by atoms with Gasteiger partial charge in [-0.3, -0.25) is 14.5 Å². The molecule has 2 amide bonds. The van der Waals surface area contributed by atoms with Gasteiger partial charge in [0.2, 0.25) is 11.8 Å². The lowest BCUT2D eigenvalue weighted by atomic mass is 9.97. The van der Waals surface area contributed by atoms with E-state index in [-0.39, 0.29) is 11.8 Å². The molecule has 1 aliphatic heterocycles. The Morgan fingerprint density at radius 1 is 1.29 bits per heavy atom. The van der Waals surface area contributed by atoms with Crippen LogP contribution in [0.1, 0.15) is 26.7 Å². The highest BCUT2D eigenvalue weighted by atomic mass is 79.9. The molecule has 1 aliphatic rings. The Kier molecular flexibility index (Phi) is 4.11. The van der Waals surface area contributed by atoms with Crippen molar-refractivity contribution in [3.8, 4) is 0 Å². The molecule has 1 rings (SSSR count). The van der Waals surface area contributed by atoms with Gasteiger partial charge in [0, 0.05) is 24.7 Å². The fourth-order valence-electron chi connectivity index (χ4n) is 1.50. The molecule has 0 bridgehead atoms. The summed E-state index contributed by atoms with van der Waals surface area (Å²) in [4.78, 5) is 24.1. The Hall–Kier alpha value is -0.380. The van der Waals surface area contributed by atoms with E-state index in [0.717, 1.165) is 5.33 Å². The van der Waals surface area contributed by atoms with Crippen molar-refractivity contribution in [3.63, 3.8) is 0 Å². The molecule has 1 fully saturated rings. The van der Waals surface area contributed by atoms with Gasteiger partial charge >= 0.3 is 0 Å². The average molecular weight is 262 g/mol. The number of rotatable bonds is 4. The highest BCUT2D eigenvalue weighted by molar-refractivity contribution is 9.09. The van der Waals surface area contributed by atoms with Crippen LogP contribution in [0.25, 0.3) is 0 Å². The van der Waals surface area contributed by atoms with Crippen LogP contribution in [0.5, 0.6) is 0 Å². The molecule has 0 aliphatic carbocycles. The van der Waals surface area contributed by atoms with Crippen molar-refractivity contribution in [2.45, 2.75) is 26.7 Å². The summed E-state index contributed by atoms with van der Waals surface area (Å²) in [6, 6.07) is 0. The number of amides is 2. The fraction of sp³-hybridized carbons (Fsp3) is 0.800. The number of carbonyl (C=O) groups is 2. The maximum atomic E-state index is 11.3. The van der Waals surface area contributed by atoms with Crippen LogP contribution < -0.4 is 0 Å². The summed E-state index contributed by atoms with van der Waals surface area (Å²) in [5.41, 5.74) is 0. The van der Waals surface area contributed by atoms with Gasteiger partial charge in [0.1, 0.15) is 0 Å². The third-order valence-corrected chi connectivity index (χ3v) is 3.54. The molecule has 1 saturated heterocycles. The van der Waals surface area contributed by atoms with Crippen molar-refractivity contribution >= 4 is 27.7 Å². The molecule has 1 heterocycles. The molecule has 0 aromatic heterocycles. The molecule has 0 N–H and O–H groups in total. The maximum absolute atomic E-state index is 11.3. The van der Waals surface area contributed by atoms with Crippen LogP contribution in [0.15, 0.2) is 0 Å². The topological polar surface area (TPSA) is 37.4 Å². The Balaban J connectivity index is 2.57. The van der Waals surface area contributed by atoms with Gasteiger partial charge in [-0.25, -0.2) is 0 Å². The quantitative estimate of drug-likeness (QED) is 0.572. The largest absolute Gasteiger partial charge is 0.282 e. The van der Waals surface area contributed by atoms with E-state index >= 15 is 0 Å². The molecule has 1 unspecified atom stereocenters. The van der Waals surface area contributed by atoms with Crippen molar-refractivity contribution < 1.29 is 9.59 Å². The molecule has 1 atom stereocenters. The zero-order chi connectivity index (χ0) is 10.7. The lowest BCUT2D eigenvalue weighted by Gasteiger charge is -2.23. The van der Waals surface area contributed by atoms with Crippen molar-refractivity contribution in [3.05, 3.63) is 0 Å². The predicted molar refractivity (Wildman–Crippen MR) is 58.1 cm³/mol. The van der Waals surface area contributed by atoms with Gasteiger partial charge in [0.25, 0.3) is 0 Å². The van der Waals surface area contributed by atoms with Crippen molar-refractivity contribution in [2.24, 2.45) is 11.8 Å². The zero-order valence-electron chi connectivity index (χ0n) is 8.62. The van der Waals surface area contributed by atoms with Crippen LogP contribution in [0.2, 0.25) is 0 Å². The Morgan fingerprint density at radius 2 is 1.79 bits per heavy atom. The zero-order valence-corrected chi connectivity index (χ0v) is 10.2. The van der Waals surface area contributed by atoms with E-state index in [4.69, 9.17) is 0 Å². The van der Waals surface area contributed by atoms with Crippen LogP contribution >= 0.6 is 15.9 Å². The normalized spacial score (nSPS) is 19.6. The standard InChI is InChI=1S/C10H16BrNO2/c1-7(2)8(5-11)6-12-9(13)3-4-10(12)14/h7-8H,3-6H2,1-2H3. The van der Waals surface area contributed by atoms with E-state index in [9.17, 15) is 9.59 Å². The molecule has 0 aromatic rings. The van der Waals surface area contributed by atoms with E-state index in [2.05, 4.69) is 29.8 Å². The smallest absolute Gasteiger partial charge is 0.229 e. The van der Waals surface area contributed by atoms with Crippen LogP contribution in [0.3, 0.4) is 0 Å². The number of halogens is 1. The highest BCUT2D eigenvalue weighted by Gasteiger charge is 2.31. The number of hydrogen-bond donors (Lipinski definition) is 0. The Morgan fingerprint density at radius 3 is 2.14 bits per heavy atom. The summed E-state index contributed by atoms with van der Waals surface area (Å²) in [5.74, 6) is 0.819. The average Bonchev–Trinajstić information content (AvgIpc) is 2.43. The summed E-state index contributed by atoms with van der Waals surface area (Å²) in [6.45, 7) is 4.79. The number of carbonyl (C=O) groups excluding carboxylic acids is 2. The second kappa shape index (κ2) is 4.91. The van der Waals surface area contributed by atoms with E-state index in [1.165, 1.54) is 4.90 Å². The molecule has 0 spiro atoms. The van der Waals surface area contributed by atoms with Gasteiger partial charge in [-0.15, -0.1) is 0 Å². The number of imide groups is 1. The van der Waals surface area contributed by atoms with E-state index in [0.29, 0.717) is 31.2 Å². The van der Waals surface area contributed by atoms with Gasteiger partial charge in [-0.1, -0.05) is 29.8 Å². The molecule has 0 aromatic carbocycles. The Bertz CT molecular complexity index is 224. The van der Waals surface area contributed by atoms with Crippen LogP contribution in [0, 0.1) is 11.8 Å². The van der Waals surface area contributed by atoms with E-state index in [1.807, 2.05) is 0 Å². The Labute approximate surface area is 93.0 Å². The van der Waals surface area contributed by atoms with Crippen LogP contribution in [-0.2, 0) is 9.59 Å². The predicted octanol–water partition coefficient (Wildman–Crippen LogP) is 1.80. The summed E-state index contributed by atoms with van der Waals surface area (Å²) < 4.78 is 0. The van der Waals surface area contributed by atoms with Crippen LogP contribution in [-0.4, -0.2) is 28.6 Å². The van der Waals surface area contributed by atoms with Gasteiger partial charge in [0.05, 0.1) is 0 Å². The number of likely N-dealkylation sites (tertiary alicyclic amines) is 1. The third-order valence-electron chi connectivity index (χ3n) is 2.71. The first-order chi connectivity index (χ1) is 6.56. The summed E-state index contributed by atoms with van der Waals surface area (Å²) in [6.07, 6.45) is 0.790. The lowest BCUT2D eigenvalue weighted by molar-refractivity contribution is -0.139. The second-order valence-corrected chi connectivity index (χ2v) is 4.70. The number of hydrogen-bond acceptors (Lipinski definition) is 2. The monoisotopic (exact) mass is 261 g/mol. The number of alkyl halides is 1. The van der Waals surface area contributed by atoms with Crippen molar-refractivity contribution in [2.75, 3.05) is 11.9 Å². The minimum Gasteiger partial charge on any atom is -0.282 e. The van der Waals surface area contributed by atoms with Gasteiger partial charge in [0.15, 0.2) is 0 Å². The molecule has 0 radical (unpaired) electrons. The van der Waals surface area contributed by atoms with Gasteiger partial charge in [-0.05, 0) is 11.8 Å². The second-order valence-electron chi connectivity index (χ2n) is 4.06. The molecule has 80 valence electrons. The maximum Gasteiger partial charge on any atom is 0.229 e. The first-order valence-electron chi connectivity index (χ1n) is 4.95. The van der Waals surface area contributed by atoms with Gasteiger partial charge < -0.3 is 0 Å². The molecule has 3 nitrogen and oxygen atoms in total. The lowest BCUT2D eigenvalue weighted by Crippen LogP contribution is -2.36. The molecular formula is C10H16BrNO2. The third kappa shape index (κ3) is 2.56. The summed E-state index contributed by atoms with van der Waals surface area (Å²) >= 11 is 3.41. The van der Waals surface area contributed by atoms with Crippen molar-refractivity contribution in [1.82, 2.24) is 4.90 Å². The molecular weight excluding hydrogens is 246 g/mol. The van der Waals surface area contributed by atoms with Gasteiger partial charge in [-0.2, -0.15) is 0 Å². The number of nitrogens with zero attached hydrogens (tertiary/aromatic N) is 1. The first-order valence-corrected chi connectivity index (χ1v) is 6.07. The summed E-state index contributed by atoms with van der Waals surface area (Å²) in [5, 5.41) is 0.835. The minimum atomic E-state index is -0.0124. The van der Waals surface area contributed by atoms with Crippen molar-refractivity contribution in [1.29, 1.82) is 0 Å². The summed E-state index contributed by atoms with van der Waals surface area (Å²) in [7, 11) is 0. The van der Waals surface area contributed by atoms with Crippen LogP contribution in [0.4, 0.5) is 0 Å². The minimum absolute atomic E-state index is 0.0124. The fourth-order valence-corrected chi connectivity index (χ4v) is 2.45. The molecule has 0 saturated carbocycles. The SMILES string of the molecule is CC(C)C(CBr)CN1C(=O)CCC1=O. The van der Waals surface area contributed by atoms with E-state index in [1.54, 1.807) is 0 Å². The molecule has 4 heteroatoms. The van der Waals surface area contributed by atoms with E-state index < -0.39 is 0 Å². The first kappa shape index (κ1) is 11.7. The molecule has 14 heavy (non-hydrogen) atoms. The highest BCUT2D eigenvalue weighted by Crippen LogP contribution is 2.19.